The van der Waals surface area contributed by atoms with Crippen molar-refractivity contribution in [1.82, 2.24) is 5.32 Å². The van der Waals surface area contributed by atoms with Crippen LogP contribution in [-0.2, 0) is 33.2 Å². The van der Waals surface area contributed by atoms with Gasteiger partial charge in [-0.05, 0) is 57.8 Å². The molecule has 1 amide bonds. The SMILES string of the molecule is CC/C=C\C/C=C\C/C=C\C/C=C\C/C=C\CCCC(=O)NC(COC1OC(CO)C(OC2OC(CO)C(OC3OC(CO)C(O)C(O)C3O)C(O)C2O)C(O)C1O)C(O)/C=C/CCCCCCCCCCCCCCCCCC. The van der Waals surface area contributed by atoms with E-state index in [0.717, 1.165) is 57.8 Å². The van der Waals surface area contributed by atoms with Gasteiger partial charge in [0.05, 0.1) is 38.6 Å². The molecule has 3 aliphatic rings. The van der Waals surface area contributed by atoms with E-state index in [0.29, 0.717) is 12.8 Å². The Bertz CT molecular complexity index is 1740. The standard InChI is InChI=1S/C61H105NO18/c1-3-5-7-9-11-13-15-17-19-21-23-24-26-28-30-32-34-36-38-45(66)44(62-49(67)39-37-35-33-31-29-27-25-22-20-18-16-14-12-10-8-6-4-2)43-75-59-55(73)52(70)57(47(41-64)77-59)80-61-56(74)53(71)58(48(42-65)78-61)79-60-54(72)51(69)50(68)46(40-63)76-60/h6,8,12,14,18,20,25,27,31,33,36,38,44-48,50-61,63-66,68-74H,3-5,7,9-11,13,15-17,19,21-24,26,28-30,32,34-35,37,39-43H2,1-2H3,(H,62,67)/b8-6-,14-12-,20-18-,27-25-,33-31-,38-36+. The average Bonchev–Trinajstić information content (AvgIpc) is 3.50. The minimum Gasteiger partial charge on any atom is -0.394 e. The van der Waals surface area contributed by atoms with Gasteiger partial charge in [-0.2, -0.15) is 0 Å². The molecule has 3 aliphatic heterocycles. The molecular weight excluding hydrogens is 1030 g/mol. The van der Waals surface area contributed by atoms with E-state index in [1.165, 1.54) is 83.5 Å². The Balaban J connectivity index is 1.53. The Hall–Kier alpha value is -2.77. The number of amides is 1. The molecule has 0 saturated carbocycles. The van der Waals surface area contributed by atoms with Gasteiger partial charge in [0, 0.05) is 6.42 Å². The van der Waals surface area contributed by atoms with Crippen molar-refractivity contribution in [3.8, 4) is 0 Å². The molecular formula is C61H105NO18. The molecule has 0 bridgehead atoms. The normalized spacial score (nSPS) is 30.5. The number of aliphatic hydroxyl groups is 11. The van der Waals surface area contributed by atoms with Crippen LogP contribution in [0.5, 0.6) is 0 Å². The summed E-state index contributed by atoms with van der Waals surface area (Å²) in [6.45, 7) is 1.55. The molecule has 3 rings (SSSR count). The smallest absolute Gasteiger partial charge is 0.220 e. The van der Waals surface area contributed by atoms with Crippen LogP contribution in [0.4, 0.5) is 0 Å². The van der Waals surface area contributed by atoms with E-state index in [-0.39, 0.29) is 18.9 Å². The lowest BCUT2D eigenvalue weighted by atomic mass is 9.96. The maximum absolute atomic E-state index is 13.3. The lowest BCUT2D eigenvalue weighted by Crippen LogP contribution is -2.66. The summed E-state index contributed by atoms with van der Waals surface area (Å²) in [4.78, 5) is 13.3. The van der Waals surface area contributed by atoms with Crippen molar-refractivity contribution in [2.24, 2.45) is 0 Å². The number of unbranched alkanes of at least 4 members (excludes halogenated alkanes) is 17. The summed E-state index contributed by atoms with van der Waals surface area (Å²) in [6, 6.07) is -1.01. The number of hydrogen-bond donors (Lipinski definition) is 12. The Kier molecular flexibility index (Phi) is 39.2. The second kappa shape index (κ2) is 43.8. The van der Waals surface area contributed by atoms with E-state index in [1.807, 2.05) is 12.2 Å². The van der Waals surface area contributed by atoms with Gasteiger partial charge in [-0.25, -0.2) is 0 Å². The van der Waals surface area contributed by atoms with Crippen LogP contribution in [0.3, 0.4) is 0 Å². The number of nitrogens with one attached hydrogen (secondary N) is 1. The zero-order valence-corrected chi connectivity index (χ0v) is 48.0. The highest BCUT2D eigenvalue weighted by atomic mass is 16.8. The largest absolute Gasteiger partial charge is 0.394 e. The molecule has 0 aromatic rings. The van der Waals surface area contributed by atoms with Crippen LogP contribution in [0, 0.1) is 0 Å². The van der Waals surface area contributed by atoms with Crippen LogP contribution < -0.4 is 5.32 Å². The number of aliphatic hydroxyl groups excluding tert-OH is 11. The third-order valence-electron chi connectivity index (χ3n) is 14.8. The van der Waals surface area contributed by atoms with Crippen molar-refractivity contribution in [2.45, 2.75) is 279 Å². The summed E-state index contributed by atoms with van der Waals surface area (Å²) in [6.07, 6.45) is 24.6. The van der Waals surface area contributed by atoms with E-state index in [4.69, 9.17) is 28.4 Å². The second-order valence-corrected chi connectivity index (χ2v) is 21.4. The first-order chi connectivity index (χ1) is 38.8. The van der Waals surface area contributed by atoms with Gasteiger partial charge in [-0.15, -0.1) is 0 Å². The van der Waals surface area contributed by atoms with Crippen LogP contribution in [0.25, 0.3) is 0 Å². The Labute approximate surface area is 477 Å². The van der Waals surface area contributed by atoms with Crippen molar-refractivity contribution in [3.05, 3.63) is 72.9 Å². The predicted molar refractivity (Wildman–Crippen MR) is 305 cm³/mol. The number of carbonyl (C=O) groups is 1. The van der Waals surface area contributed by atoms with Gasteiger partial charge in [0.1, 0.15) is 73.2 Å². The first-order valence-corrected chi connectivity index (χ1v) is 30.2. The minimum absolute atomic E-state index is 0.162. The number of allylic oxidation sites excluding steroid dienone is 11. The molecule has 0 radical (unpaired) electrons. The van der Waals surface area contributed by atoms with Crippen LogP contribution >= 0.6 is 0 Å². The summed E-state index contributed by atoms with van der Waals surface area (Å²) in [7, 11) is 0. The summed E-state index contributed by atoms with van der Waals surface area (Å²) >= 11 is 0. The highest BCUT2D eigenvalue weighted by Crippen LogP contribution is 2.33. The van der Waals surface area contributed by atoms with Gasteiger partial charge in [0.25, 0.3) is 0 Å². The van der Waals surface area contributed by atoms with E-state index < -0.39 is 124 Å². The van der Waals surface area contributed by atoms with Crippen LogP contribution in [0.15, 0.2) is 72.9 Å². The van der Waals surface area contributed by atoms with E-state index in [1.54, 1.807) is 6.08 Å². The summed E-state index contributed by atoms with van der Waals surface area (Å²) in [5.74, 6) is -0.335. The highest BCUT2D eigenvalue weighted by Gasteiger charge is 2.53. The Morgan fingerprint density at radius 1 is 0.463 bits per heavy atom. The van der Waals surface area contributed by atoms with Gasteiger partial charge in [0.15, 0.2) is 18.9 Å². The molecule has 0 aromatic heterocycles. The fraction of sp³-hybridized carbons (Fsp3) is 0.787. The molecule has 80 heavy (non-hydrogen) atoms. The first-order valence-electron chi connectivity index (χ1n) is 30.2. The van der Waals surface area contributed by atoms with Gasteiger partial charge >= 0.3 is 0 Å². The average molecular weight is 1140 g/mol. The second-order valence-electron chi connectivity index (χ2n) is 21.4. The summed E-state index contributed by atoms with van der Waals surface area (Å²) in [5.41, 5.74) is 0. The lowest BCUT2D eigenvalue weighted by molar-refractivity contribution is -0.379. The molecule has 3 heterocycles. The highest BCUT2D eigenvalue weighted by molar-refractivity contribution is 5.76. The van der Waals surface area contributed by atoms with E-state index in [2.05, 4.69) is 73.8 Å². The van der Waals surface area contributed by atoms with Crippen LogP contribution in [-0.4, -0.2) is 193 Å². The van der Waals surface area contributed by atoms with Gasteiger partial charge in [-0.3, -0.25) is 4.79 Å². The van der Waals surface area contributed by atoms with E-state index >= 15 is 0 Å². The molecule has 12 N–H and O–H groups in total. The van der Waals surface area contributed by atoms with E-state index in [9.17, 15) is 61.0 Å². The van der Waals surface area contributed by atoms with Crippen molar-refractivity contribution >= 4 is 5.91 Å². The van der Waals surface area contributed by atoms with Gasteiger partial charge in [0.2, 0.25) is 5.91 Å². The third-order valence-corrected chi connectivity index (χ3v) is 14.8. The maximum Gasteiger partial charge on any atom is 0.220 e. The molecule has 17 atom stereocenters. The molecule has 19 heteroatoms. The van der Waals surface area contributed by atoms with Crippen LogP contribution in [0.2, 0.25) is 0 Å². The molecule has 17 unspecified atom stereocenters. The van der Waals surface area contributed by atoms with Crippen molar-refractivity contribution in [2.75, 3.05) is 26.4 Å². The summed E-state index contributed by atoms with van der Waals surface area (Å²) in [5, 5.41) is 120. The van der Waals surface area contributed by atoms with Crippen molar-refractivity contribution < 1.29 is 89.4 Å². The van der Waals surface area contributed by atoms with Crippen LogP contribution in [0.1, 0.15) is 174 Å². The minimum atomic E-state index is -1.99. The van der Waals surface area contributed by atoms with Crippen molar-refractivity contribution in [1.29, 1.82) is 0 Å². The van der Waals surface area contributed by atoms with Gasteiger partial charge < -0.3 is 89.9 Å². The lowest BCUT2D eigenvalue weighted by Gasteiger charge is -2.48. The zero-order chi connectivity index (χ0) is 58.3. The molecule has 462 valence electrons. The Morgan fingerprint density at radius 3 is 1.34 bits per heavy atom. The molecule has 0 spiro atoms. The topological polar surface area (TPSA) is 307 Å². The molecule has 3 saturated heterocycles. The molecule has 0 aromatic carbocycles. The first kappa shape index (κ1) is 71.5. The fourth-order valence-corrected chi connectivity index (χ4v) is 9.81. The monoisotopic (exact) mass is 1140 g/mol. The summed E-state index contributed by atoms with van der Waals surface area (Å²) < 4.78 is 34.2. The van der Waals surface area contributed by atoms with Crippen molar-refractivity contribution in [3.63, 3.8) is 0 Å². The number of rotatable bonds is 43. The quantitative estimate of drug-likeness (QED) is 0.0268. The molecule has 19 nitrogen and oxygen atoms in total. The number of carbonyl (C=O) groups excluding carboxylic acids is 1. The molecule has 0 aliphatic carbocycles. The fourth-order valence-electron chi connectivity index (χ4n) is 9.81. The maximum atomic E-state index is 13.3. The third kappa shape index (κ3) is 27.3. The zero-order valence-electron chi connectivity index (χ0n) is 48.0. The van der Waals surface area contributed by atoms with Gasteiger partial charge in [-0.1, -0.05) is 183 Å². The predicted octanol–water partition coefficient (Wildman–Crippen LogP) is 5.43. The molecule has 3 fully saturated rings. The Morgan fingerprint density at radius 2 is 0.863 bits per heavy atom. The number of ether oxygens (including phenoxy) is 6. The number of hydrogen-bond acceptors (Lipinski definition) is 18.